The first-order chi connectivity index (χ1) is 7.91. The van der Waals surface area contributed by atoms with Gasteiger partial charge >= 0.3 is 36.5 Å². The molecule has 0 N–H and O–H groups in total. The first-order valence-electron chi connectivity index (χ1n) is 3.64. The van der Waals surface area contributed by atoms with E-state index in [4.69, 9.17) is 0 Å². The molecule has 0 aromatic rings. The maximum atomic E-state index is 12.3. The Morgan fingerprint density at radius 1 is 0.800 bits per heavy atom. The second-order valence-corrected chi connectivity index (χ2v) is 6.42. The number of rotatable bonds is 4. The van der Waals surface area contributed by atoms with Crippen molar-refractivity contribution in [3.05, 3.63) is 4.13 Å². The van der Waals surface area contributed by atoms with Gasteiger partial charge in [0.2, 0.25) is 0 Å². The van der Waals surface area contributed by atoms with E-state index in [1.165, 1.54) is 0 Å². The third kappa shape index (κ3) is 5.72. The van der Waals surface area contributed by atoms with Crippen LogP contribution in [0.25, 0.3) is 4.13 Å². The van der Waals surface area contributed by atoms with E-state index >= 15 is 0 Å². The van der Waals surface area contributed by atoms with Crippen molar-refractivity contribution in [3.63, 3.8) is 0 Å². The zero-order valence-corrected chi connectivity index (χ0v) is 10.8. The van der Waals surface area contributed by atoms with E-state index < -0.39 is 43.4 Å². The standard InChI is InChI=1S/C4H2F8NO4S2.Li/c5-2(6,7)1-18(14,15)13-19(16,17)4(11,12)3(8,9)10;/h1H2;/q-1;+1. The van der Waals surface area contributed by atoms with E-state index in [-0.39, 0.29) is 18.9 Å². The molecule has 16 heteroatoms. The van der Waals surface area contributed by atoms with Crippen LogP contribution in [-0.2, 0) is 20.0 Å². The Morgan fingerprint density at radius 2 is 1.15 bits per heavy atom. The van der Waals surface area contributed by atoms with Crippen molar-refractivity contribution in [2.45, 2.75) is 17.6 Å². The van der Waals surface area contributed by atoms with Gasteiger partial charge in [-0.1, -0.05) is 0 Å². The molecule has 0 aromatic heterocycles. The van der Waals surface area contributed by atoms with Gasteiger partial charge in [0, 0.05) is 0 Å². The molecule has 0 rings (SSSR count). The van der Waals surface area contributed by atoms with Gasteiger partial charge in [0.1, 0.15) is 5.75 Å². The monoisotopic (exact) mass is 351 g/mol. The molecule has 5 nitrogen and oxygen atoms in total. The molecule has 0 aliphatic carbocycles. The number of hydrogen-bond donors (Lipinski definition) is 0. The van der Waals surface area contributed by atoms with Crippen LogP contribution in [0.2, 0.25) is 0 Å². The van der Waals surface area contributed by atoms with Gasteiger partial charge in [0.15, 0.2) is 10.0 Å². The van der Waals surface area contributed by atoms with E-state index in [2.05, 4.69) is 0 Å². The minimum atomic E-state index is -7.07. The van der Waals surface area contributed by atoms with Crippen LogP contribution < -0.4 is 18.9 Å². The Hall–Kier alpha value is -0.103. The van der Waals surface area contributed by atoms with E-state index in [0.29, 0.717) is 0 Å². The van der Waals surface area contributed by atoms with Gasteiger partial charge in [-0.3, -0.25) is 0 Å². The summed E-state index contributed by atoms with van der Waals surface area (Å²) in [6.45, 7) is 0. The summed E-state index contributed by atoms with van der Waals surface area (Å²) in [7, 11) is -13.2. The number of halogens is 8. The zero-order chi connectivity index (χ0) is 15.9. The molecule has 0 saturated heterocycles. The van der Waals surface area contributed by atoms with Gasteiger partial charge in [-0.25, -0.2) is 16.8 Å². The first kappa shape index (κ1) is 22.2. The third-order valence-corrected chi connectivity index (χ3v) is 4.48. The summed E-state index contributed by atoms with van der Waals surface area (Å²) in [5.74, 6) is -2.99. The van der Waals surface area contributed by atoms with Crippen LogP contribution in [0, 0.1) is 0 Å². The first-order valence-corrected chi connectivity index (χ1v) is 6.69. The quantitative estimate of drug-likeness (QED) is 0.468. The van der Waals surface area contributed by atoms with Gasteiger partial charge < -0.3 is 4.13 Å². The fourth-order valence-electron chi connectivity index (χ4n) is 0.576. The second kappa shape index (κ2) is 5.95. The van der Waals surface area contributed by atoms with Crippen molar-refractivity contribution in [2.75, 3.05) is 5.75 Å². The SMILES string of the molecule is O=S(=O)(CC(F)(F)F)[N-]S(=O)(=O)C(F)(F)C(F)(F)F.[Li+]. The van der Waals surface area contributed by atoms with Crippen LogP contribution in [0.3, 0.4) is 0 Å². The van der Waals surface area contributed by atoms with Crippen LogP contribution in [0.1, 0.15) is 0 Å². The molecule has 0 heterocycles. The summed E-state index contributed by atoms with van der Waals surface area (Å²) in [6.07, 6.45) is -12.3. The molecule has 0 aliphatic rings. The molecule has 20 heavy (non-hydrogen) atoms. The summed E-state index contributed by atoms with van der Waals surface area (Å²) in [5, 5.41) is -6.63. The summed E-state index contributed by atoms with van der Waals surface area (Å²) in [6, 6.07) is 0. The number of hydrogen-bond acceptors (Lipinski definition) is 4. The van der Waals surface area contributed by atoms with E-state index in [1.54, 1.807) is 0 Å². The normalized spacial score (nSPS) is 14.8. The van der Waals surface area contributed by atoms with Crippen LogP contribution in [0.5, 0.6) is 0 Å². The minimum Gasteiger partial charge on any atom is -0.430 e. The van der Waals surface area contributed by atoms with Crippen molar-refractivity contribution in [1.82, 2.24) is 0 Å². The molecule has 0 saturated carbocycles. The molecule has 0 radical (unpaired) electrons. The average molecular weight is 351 g/mol. The van der Waals surface area contributed by atoms with E-state index in [1.807, 2.05) is 0 Å². The zero-order valence-electron chi connectivity index (χ0n) is 9.13. The fourth-order valence-corrected chi connectivity index (χ4v) is 3.06. The summed E-state index contributed by atoms with van der Waals surface area (Å²) >= 11 is 0. The molecule has 0 aromatic carbocycles. The average Bonchev–Trinajstić information content (AvgIpc) is 1.92. The van der Waals surface area contributed by atoms with Gasteiger partial charge in [-0.05, 0) is 0 Å². The molecule has 0 atom stereocenters. The molecule has 0 fully saturated rings. The van der Waals surface area contributed by atoms with E-state index in [0.717, 1.165) is 4.13 Å². The van der Waals surface area contributed by atoms with Gasteiger partial charge in [-0.15, -0.1) is 0 Å². The number of alkyl halides is 8. The van der Waals surface area contributed by atoms with Crippen molar-refractivity contribution in [2.24, 2.45) is 0 Å². The Bertz CT molecular complexity index is 534. The fraction of sp³-hybridized carbons (Fsp3) is 1.00. The molecular weight excluding hydrogens is 349 g/mol. The van der Waals surface area contributed by atoms with Crippen LogP contribution in [0.4, 0.5) is 35.1 Å². The van der Waals surface area contributed by atoms with Crippen LogP contribution >= 0.6 is 0 Å². The molecule has 0 amide bonds. The molecule has 0 unspecified atom stereocenters. The second-order valence-electron chi connectivity index (χ2n) is 2.91. The van der Waals surface area contributed by atoms with Gasteiger partial charge in [0.05, 0.1) is 10.0 Å². The predicted molar refractivity (Wildman–Crippen MR) is 43.1 cm³/mol. The van der Waals surface area contributed by atoms with Gasteiger partial charge in [-0.2, -0.15) is 35.1 Å². The van der Waals surface area contributed by atoms with Crippen LogP contribution in [-0.4, -0.2) is 40.2 Å². The van der Waals surface area contributed by atoms with Crippen molar-refractivity contribution in [3.8, 4) is 0 Å². The Balaban J connectivity index is 0. The summed E-state index contributed by atoms with van der Waals surface area (Å²) < 4.78 is 137. The maximum absolute atomic E-state index is 12.3. The Kier molecular flexibility index (Phi) is 6.60. The van der Waals surface area contributed by atoms with Gasteiger partial charge in [0.25, 0.3) is 0 Å². The third-order valence-electron chi connectivity index (χ3n) is 1.21. The van der Waals surface area contributed by atoms with E-state index in [9.17, 15) is 52.0 Å². The topological polar surface area (TPSA) is 82.4 Å². The predicted octanol–water partition coefficient (Wildman–Crippen LogP) is -1.26. The van der Waals surface area contributed by atoms with Crippen LogP contribution in [0.15, 0.2) is 0 Å². The molecule has 0 bridgehead atoms. The Morgan fingerprint density at radius 3 is 1.40 bits per heavy atom. The molecular formula is C4H2F8LiNO4S2. The number of nitrogens with zero attached hydrogens (tertiary/aromatic N) is 1. The van der Waals surface area contributed by atoms with Crippen molar-refractivity contribution < 1.29 is 70.8 Å². The summed E-state index contributed by atoms with van der Waals surface area (Å²) in [4.78, 5) is 0. The Labute approximate surface area is 119 Å². The largest absolute Gasteiger partial charge is 1.00 e. The number of sulfonamides is 2. The smallest absolute Gasteiger partial charge is 0.430 e. The van der Waals surface area contributed by atoms with Crippen molar-refractivity contribution in [1.29, 1.82) is 0 Å². The molecule has 0 aliphatic heterocycles. The maximum Gasteiger partial charge on any atom is 1.00 e. The molecule has 0 spiro atoms. The summed E-state index contributed by atoms with van der Waals surface area (Å²) in [5.41, 5.74) is 0. The molecule has 116 valence electrons. The van der Waals surface area contributed by atoms with Crippen molar-refractivity contribution >= 4 is 20.0 Å². The minimum absolute atomic E-state index is 0.